The molecule has 3 nitrogen and oxygen atoms in total. The van der Waals surface area contributed by atoms with Gasteiger partial charge < -0.3 is 15.1 Å². The predicted molar refractivity (Wildman–Crippen MR) is 73.6 cm³/mol. The number of benzene rings is 1. The van der Waals surface area contributed by atoms with E-state index in [4.69, 9.17) is 0 Å². The Hall–Kier alpha value is -1.06. The molecule has 2 rings (SSSR count). The molecule has 1 fully saturated rings. The lowest BCUT2D eigenvalue weighted by Gasteiger charge is -2.44. The summed E-state index contributed by atoms with van der Waals surface area (Å²) in [5, 5.41) is 3.52. The van der Waals surface area contributed by atoms with Gasteiger partial charge >= 0.3 is 0 Å². The number of anilines is 1. The molecule has 1 aliphatic heterocycles. The van der Waals surface area contributed by atoms with Gasteiger partial charge in [-0.1, -0.05) is 18.2 Å². The van der Waals surface area contributed by atoms with Gasteiger partial charge in [0, 0.05) is 31.4 Å². The minimum absolute atomic E-state index is 0.552. The molecule has 0 amide bonds. The maximum atomic E-state index is 3.52. The standard InChI is InChI=1S/C14H23N3/c1-12-9-15-10-14(11-16(2)3)17(12)13-7-5-4-6-8-13/h4-8,12,14-15H,9-11H2,1-3H3. The van der Waals surface area contributed by atoms with Crippen molar-refractivity contribution in [1.82, 2.24) is 10.2 Å². The Labute approximate surface area is 104 Å². The van der Waals surface area contributed by atoms with Crippen LogP contribution in [0.4, 0.5) is 5.69 Å². The van der Waals surface area contributed by atoms with Gasteiger partial charge in [-0.3, -0.25) is 0 Å². The average Bonchev–Trinajstić information content (AvgIpc) is 2.29. The molecular weight excluding hydrogens is 210 g/mol. The fourth-order valence-electron chi connectivity index (χ4n) is 2.65. The van der Waals surface area contributed by atoms with E-state index in [1.54, 1.807) is 0 Å². The maximum absolute atomic E-state index is 3.52. The number of hydrogen-bond acceptors (Lipinski definition) is 3. The number of piperazine rings is 1. The largest absolute Gasteiger partial charge is 0.362 e. The third-order valence-corrected chi connectivity index (χ3v) is 3.32. The van der Waals surface area contributed by atoms with Gasteiger partial charge in [-0.15, -0.1) is 0 Å². The highest BCUT2D eigenvalue weighted by atomic mass is 15.3. The second-order valence-corrected chi connectivity index (χ2v) is 5.17. The van der Waals surface area contributed by atoms with Crippen molar-refractivity contribution < 1.29 is 0 Å². The summed E-state index contributed by atoms with van der Waals surface area (Å²) in [6.07, 6.45) is 0. The minimum Gasteiger partial charge on any atom is -0.362 e. The molecule has 0 aliphatic carbocycles. The fourth-order valence-corrected chi connectivity index (χ4v) is 2.65. The van der Waals surface area contributed by atoms with Gasteiger partial charge in [0.05, 0.1) is 6.04 Å². The van der Waals surface area contributed by atoms with E-state index < -0.39 is 0 Å². The first-order valence-electron chi connectivity index (χ1n) is 6.37. The molecule has 0 spiro atoms. The first-order chi connectivity index (χ1) is 8.18. The van der Waals surface area contributed by atoms with Crippen molar-refractivity contribution in [2.45, 2.75) is 19.0 Å². The van der Waals surface area contributed by atoms with E-state index in [9.17, 15) is 0 Å². The average molecular weight is 233 g/mol. The third-order valence-electron chi connectivity index (χ3n) is 3.32. The Morgan fingerprint density at radius 1 is 1.24 bits per heavy atom. The molecule has 17 heavy (non-hydrogen) atoms. The van der Waals surface area contributed by atoms with Gasteiger partial charge in [-0.2, -0.15) is 0 Å². The first-order valence-corrected chi connectivity index (χ1v) is 6.37. The van der Waals surface area contributed by atoms with Crippen LogP contribution in [0.1, 0.15) is 6.92 Å². The summed E-state index contributed by atoms with van der Waals surface area (Å²) < 4.78 is 0. The second-order valence-electron chi connectivity index (χ2n) is 5.17. The molecule has 1 aromatic rings. The number of para-hydroxylation sites is 1. The van der Waals surface area contributed by atoms with Crippen molar-refractivity contribution in [2.75, 3.05) is 38.6 Å². The first kappa shape index (κ1) is 12.4. The molecular formula is C14H23N3. The number of likely N-dealkylation sites (N-methyl/N-ethyl adjacent to an activating group) is 1. The monoisotopic (exact) mass is 233 g/mol. The van der Waals surface area contributed by atoms with Crippen molar-refractivity contribution in [3.63, 3.8) is 0 Å². The summed E-state index contributed by atoms with van der Waals surface area (Å²) >= 11 is 0. The Kier molecular flexibility index (Phi) is 4.02. The van der Waals surface area contributed by atoms with E-state index in [2.05, 4.69) is 66.5 Å². The molecule has 1 aliphatic rings. The van der Waals surface area contributed by atoms with Crippen LogP contribution in [0, 0.1) is 0 Å². The highest BCUT2D eigenvalue weighted by Gasteiger charge is 2.27. The van der Waals surface area contributed by atoms with Crippen LogP contribution in [0.3, 0.4) is 0 Å². The Bertz CT molecular complexity index is 337. The molecule has 0 radical (unpaired) electrons. The summed E-state index contributed by atoms with van der Waals surface area (Å²) in [7, 11) is 4.28. The molecule has 0 bridgehead atoms. The maximum Gasteiger partial charge on any atom is 0.0544 e. The van der Waals surface area contributed by atoms with Crippen molar-refractivity contribution in [3.05, 3.63) is 30.3 Å². The SMILES string of the molecule is CC1CNCC(CN(C)C)N1c1ccccc1. The predicted octanol–water partition coefficient (Wildman–Crippen LogP) is 1.41. The summed E-state index contributed by atoms with van der Waals surface area (Å²) in [6.45, 7) is 5.52. The summed E-state index contributed by atoms with van der Waals surface area (Å²) in [5.74, 6) is 0. The molecule has 94 valence electrons. The summed E-state index contributed by atoms with van der Waals surface area (Å²) in [5.41, 5.74) is 1.34. The Morgan fingerprint density at radius 3 is 2.59 bits per heavy atom. The highest BCUT2D eigenvalue weighted by molar-refractivity contribution is 5.49. The molecule has 1 N–H and O–H groups in total. The molecule has 1 saturated heterocycles. The number of hydrogen-bond donors (Lipinski definition) is 1. The van der Waals surface area contributed by atoms with Crippen LogP contribution < -0.4 is 10.2 Å². The van der Waals surface area contributed by atoms with Gasteiger partial charge in [-0.25, -0.2) is 0 Å². The van der Waals surface area contributed by atoms with Crippen molar-refractivity contribution in [2.24, 2.45) is 0 Å². The summed E-state index contributed by atoms with van der Waals surface area (Å²) in [4.78, 5) is 4.82. The van der Waals surface area contributed by atoms with Gasteiger partial charge in [-0.05, 0) is 33.2 Å². The zero-order valence-electron chi connectivity index (χ0n) is 11.1. The van der Waals surface area contributed by atoms with Crippen LogP contribution in [0.15, 0.2) is 30.3 Å². The quantitative estimate of drug-likeness (QED) is 0.852. The minimum atomic E-state index is 0.552. The molecule has 2 unspecified atom stereocenters. The van der Waals surface area contributed by atoms with Crippen LogP contribution in [0.25, 0.3) is 0 Å². The second kappa shape index (κ2) is 5.52. The Morgan fingerprint density at radius 2 is 1.94 bits per heavy atom. The fraction of sp³-hybridized carbons (Fsp3) is 0.571. The Balaban J connectivity index is 2.19. The van der Waals surface area contributed by atoms with E-state index in [-0.39, 0.29) is 0 Å². The molecule has 3 heteroatoms. The lowest BCUT2D eigenvalue weighted by Crippen LogP contribution is -2.59. The van der Waals surface area contributed by atoms with Crippen LogP contribution in [-0.4, -0.2) is 50.7 Å². The van der Waals surface area contributed by atoms with Crippen molar-refractivity contribution in [1.29, 1.82) is 0 Å². The molecule has 1 heterocycles. The number of nitrogens with one attached hydrogen (secondary N) is 1. The van der Waals surface area contributed by atoms with Crippen LogP contribution >= 0.6 is 0 Å². The number of nitrogens with zero attached hydrogens (tertiary/aromatic N) is 2. The topological polar surface area (TPSA) is 18.5 Å². The third kappa shape index (κ3) is 2.99. The van der Waals surface area contributed by atoms with E-state index in [1.807, 2.05) is 0 Å². The van der Waals surface area contributed by atoms with Gasteiger partial charge in [0.1, 0.15) is 0 Å². The van der Waals surface area contributed by atoms with Crippen LogP contribution in [0.2, 0.25) is 0 Å². The lowest BCUT2D eigenvalue weighted by atomic mass is 10.1. The van der Waals surface area contributed by atoms with E-state index in [0.717, 1.165) is 19.6 Å². The van der Waals surface area contributed by atoms with E-state index in [1.165, 1.54) is 5.69 Å². The van der Waals surface area contributed by atoms with E-state index >= 15 is 0 Å². The van der Waals surface area contributed by atoms with Crippen LogP contribution in [-0.2, 0) is 0 Å². The van der Waals surface area contributed by atoms with Crippen molar-refractivity contribution >= 4 is 5.69 Å². The normalized spacial score (nSPS) is 25.3. The lowest BCUT2D eigenvalue weighted by molar-refractivity contribution is 0.316. The molecule has 1 aromatic carbocycles. The van der Waals surface area contributed by atoms with Crippen LogP contribution in [0.5, 0.6) is 0 Å². The van der Waals surface area contributed by atoms with Gasteiger partial charge in [0.15, 0.2) is 0 Å². The van der Waals surface area contributed by atoms with Crippen molar-refractivity contribution in [3.8, 4) is 0 Å². The number of rotatable bonds is 3. The summed E-state index contributed by atoms with van der Waals surface area (Å²) in [6, 6.07) is 11.9. The molecule has 0 aromatic heterocycles. The van der Waals surface area contributed by atoms with Gasteiger partial charge in [0.2, 0.25) is 0 Å². The zero-order valence-corrected chi connectivity index (χ0v) is 11.1. The smallest absolute Gasteiger partial charge is 0.0544 e. The zero-order chi connectivity index (χ0) is 12.3. The van der Waals surface area contributed by atoms with E-state index in [0.29, 0.717) is 12.1 Å². The highest BCUT2D eigenvalue weighted by Crippen LogP contribution is 2.21. The van der Waals surface area contributed by atoms with Gasteiger partial charge in [0.25, 0.3) is 0 Å². The molecule has 0 saturated carbocycles. The molecule has 2 atom stereocenters.